The average Bonchev–Trinajstić information content (AvgIpc) is 3.32. The molecule has 1 N–H and O–H groups in total. The first-order valence-electron chi connectivity index (χ1n) is 13.0. The van der Waals surface area contributed by atoms with Gasteiger partial charge in [-0.05, 0) is 36.1 Å². The fraction of sp³-hybridized carbons (Fsp3) is 0.281. The van der Waals surface area contributed by atoms with E-state index in [1.807, 2.05) is 97.9 Å². The van der Waals surface area contributed by atoms with Crippen molar-refractivity contribution in [3.8, 4) is 5.69 Å². The Morgan fingerprint density at radius 2 is 1.47 bits per heavy atom. The van der Waals surface area contributed by atoms with E-state index in [4.69, 9.17) is 5.10 Å². The molecule has 196 valence electrons. The van der Waals surface area contributed by atoms with Gasteiger partial charge in [-0.25, -0.2) is 4.68 Å². The van der Waals surface area contributed by atoms with Gasteiger partial charge in [0.15, 0.2) is 0 Å². The van der Waals surface area contributed by atoms with Gasteiger partial charge in [-0.2, -0.15) is 5.10 Å². The molecule has 0 saturated heterocycles. The number of carbonyl (C=O) groups is 2. The lowest BCUT2D eigenvalue weighted by Gasteiger charge is -2.23. The van der Waals surface area contributed by atoms with Crippen molar-refractivity contribution in [3.63, 3.8) is 0 Å². The minimum absolute atomic E-state index is 0.0493. The van der Waals surface area contributed by atoms with Gasteiger partial charge in [-0.3, -0.25) is 9.59 Å². The number of para-hydroxylation sites is 1. The number of nitrogens with one attached hydrogen (secondary N) is 1. The highest BCUT2D eigenvalue weighted by molar-refractivity contribution is 5.94. The van der Waals surface area contributed by atoms with Gasteiger partial charge in [0.1, 0.15) is 12.4 Å². The first kappa shape index (κ1) is 26.9. The fourth-order valence-corrected chi connectivity index (χ4v) is 4.27. The van der Waals surface area contributed by atoms with Gasteiger partial charge >= 0.3 is 0 Å². The van der Waals surface area contributed by atoms with Crippen LogP contribution in [-0.4, -0.2) is 33.0 Å². The van der Waals surface area contributed by atoms with Crippen LogP contribution in [0.5, 0.6) is 0 Å². The lowest BCUT2D eigenvalue weighted by Crippen LogP contribution is -2.38. The Morgan fingerprint density at radius 3 is 2.11 bits per heavy atom. The molecule has 0 unspecified atom stereocenters. The van der Waals surface area contributed by atoms with Crippen LogP contribution in [0.3, 0.4) is 0 Å². The molecule has 6 nitrogen and oxygen atoms in total. The van der Waals surface area contributed by atoms with Crippen molar-refractivity contribution in [1.82, 2.24) is 14.7 Å². The normalized spacial score (nSPS) is 11.3. The van der Waals surface area contributed by atoms with Crippen molar-refractivity contribution >= 4 is 17.6 Å². The standard InChI is InChI=1S/C32H36N4O2/c1-24-13-11-12-18-27(24)36-29(21-28(34-36)32(2,3)4)33-30(37)23-35(22-26-16-9-6-10-17-26)31(38)20-19-25-14-7-5-8-15-25/h5-18,21H,19-20,22-23H2,1-4H3,(H,33,37). The van der Waals surface area contributed by atoms with E-state index in [0.29, 0.717) is 25.2 Å². The van der Waals surface area contributed by atoms with Crippen molar-refractivity contribution < 1.29 is 9.59 Å². The Morgan fingerprint density at radius 1 is 0.868 bits per heavy atom. The Labute approximate surface area is 225 Å². The van der Waals surface area contributed by atoms with Crippen molar-refractivity contribution in [2.24, 2.45) is 0 Å². The number of nitrogens with zero attached hydrogens (tertiary/aromatic N) is 3. The molecule has 1 aromatic heterocycles. The van der Waals surface area contributed by atoms with E-state index in [9.17, 15) is 9.59 Å². The van der Waals surface area contributed by atoms with Gasteiger partial charge in [0.2, 0.25) is 11.8 Å². The molecule has 6 heteroatoms. The Bertz CT molecular complexity index is 1370. The van der Waals surface area contributed by atoms with E-state index in [1.165, 1.54) is 0 Å². The second-order valence-electron chi connectivity index (χ2n) is 10.6. The third kappa shape index (κ3) is 6.97. The molecular weight excluding hydrogens is 472 g/mol. The third-order valence-electron chi connectivity index (χ3n) is 6.46. The minimum Gasteiger partial charge on any atom is -0.329 e. The monoisotopic (exact) mass is 508 g/mol. The summed E-state index contributed by atoms with van der Waals surface area (Å²) >= 11 is 0. The van der Waals surface area contributed by atoms with Crippen molar-refractivity contribution in [2.75, 3.05) is 11.9 Å². The molecule has 4 rings (SSSR count). The van der Waals surface area contributed by atoms with Gasteiger partial charge in [0.05, 0.1) is 11.4 Å². The molecule has 0 radical (unpaired) electrons. The number of hydrogen-bond donors (Lipinski definition) is 1. The van der Waals surface area contributed by atoms with Gasteiger partial charge < -0.3 is 10.2 Å². The number of aryl methyl sites for hydroxylation is 2. The lowest BCUT2D eigenvalue weighted by atomic mass is 9.92. The number of amides is 2. The topological polar surface area (TPSA) is 67.2 Å². The maximum Gasteiger partial charge on any atom is 0.245 e. The van der Waals surface area contributed by atoms with Crippen LogP contribution >= 0.6 is 0 Å². The van der Waals surface area contributed by atoms with Crippen LogP contribution in [0.2, 0.25) is 0 Å². The van der Waals surface area contributed by atoms with Crippen LogP contribution in [-0.2, 0) is 28.0 Å². The van der Waals surface area contributed by atoms with Crippen molar-refractivity contribution in [1.29, 1.82) is 0 Å². The molecule has 0 aliphatic rings. The number of aromatic nitrogens is 2. The Kier molecular flexibility index (Phi) is 8.41. The molecular formula is C32H36N4O2. The second-order valence-corrected chi connectivity index (χ2v) is 10.6. The summed E-state index contributed by atoms with van der Waals surface area (Å²) in [4.78, 5) is 28.3. The number of anilines is 1. The van der Waals surface area contributed by atoms with Crippen LogP contribution in [0, 0.1) is 6.92 Å². The van der Waals surface area contributed by atoms with E-state index in [-0.39, 0.29) is 23.8 Å². The summed E-state index contributed by atoms with van der Waals surface area (Å²) in [5, 5.41) is 7.87. The van der Waals surface area contributed by atoms with Crippen molar-refractivity contribution in [2.45, 2.75) is 52.5 Å². The molecule has 0 spiro atoms. The minimum atomic E-state index is -0.260. The lowest BCUT2D eigenvalue weighted by molar-refractivity contribution is -0.135. The number of benzene rings is 3. The Hall–Kier alpha value is -4.19. The first-order valence-corrected chi connectivity index (χ1v) is 13.0. The molecule has 38 heavy (non-hydrogen) atoms. The maximum atomic E-state index is 13.4. The summed E-state index contributed by atoms with van der Waals surface area (Å²) in [6, 6.07) is 29.6. The predicted molar refractivity (Wildman–Crippen MR) is 152 cm³/mol. The average molecular weight is 509 g/mol. The zero-order valence-corrected chi connectivity index (χ0v) is 22.6. The molecule has 3 aromatic carbocycles. The van der Waals surface area contributed by atoms with Crippen LogP contribution in [0.1, 0.15) is 49.6 Å². The predicted octanol–water partition coefficient (Wildman–Crippen LogP) is 6.08. The zero-order valence-electron chi connectivity index (χ0n) is 22.6. The maximum absolute atomic E-state index is 13.4. The van der Waals surface area contributed by atoms with Gasteiger partial charge in [-0.15, -0.1) is 0 Å². The molecule has 4 aromatic rings. The van der Waals surface area contributed by atoms with E-state index in [1.54, 1.807) is 9.58 Å². The fourth-order valence-electron chi connectivity index (χ4n) is 4.27. The van der Waals surface area contributed by atoms with E-state index in [0.717, 1.165) is 28.1 Å². The molecule has 0 bridgehead atoms. The number of carbonyl (C=O) groups excluding carboxylic acids is 2. The summed E-state index contributed by atoms with van der Waals surface area (Å²) in [6.45, 7) is 8.62. The van der Waals surface area contributed by atoms with Crippen LogP contribution < -0.4 is 5.32 Å². The third-order valence-corrected chi connectivity index (χ3v) is 6.46. The Balaban J connectivity index is 1.55. The SMILES string of the molecule is Cc1ccccc1-n1nc(C(C)(C)C)cc1NC(=O)CN(Cc1ccccc1)C(=O)CCc1ccccc1. The smallest absolute Gasteiger partial charge is 0.245 e. The molecule has 1 heterocycles. The van der Waals surface area contributed by atoms with Crippen LogP contribution in [0.4, 0.5) is 5.82 Å². The summed E-state index contributed by atoms with van der Waals surface area (Å²) in [5.74, 6) is 0.269. The van der Waals surface area contributed by atoms with E-state index < -0.39 is 0 Å². The molecule has 0 saturated carbocycles. The summed E-state index contributed by atoms with van der Waals surface area (Å²) < 4.78 is 1.78. The summed E-state index contributed by atoms with van der Waals surface area (Å²) in [5.41, 5.74) is 4.71. The second kappa shape index (κ2) is 11.9. The molecule has 0 atom stereocenters. The van der Waals surface area contributed by atoms with Crippen molar-refractivity contribution in [3.05, 3.63) is 113 Å². The highest BCUT2D eigenvalue weighted by Gasteiger charge is 2.23. The highest BCUT2D eigenvalue weighted by Crippen LogP contribution is 2.27. The number of rotatable bonds is 9. The first-order chi connectivity index (χ1) is 18.2. The van der Waals surface area contributed by atoms with Gasteiger partial charge in [0.25, 0.3) is 0 Å². The number of hydrogen-bond acceptors (Lipinski definition) is 3. The molecule has 0 aliphatic heterocycles. The molecule has 0 fully saturated rings. The zero-order chi connectivity index (χ0) is 27.1. The summed E-state index contributed by atoms with van der Waals surface area (Å²) in [7, 11) is 0. The van der Waals surface area contributed by atoms with Gasteiger partial charge in [-0.1, -0.05) is 99.6 Å². The largest absolute Gasteiger partial charge is 0.329 e. The van der Waals surface area contributed by atoms with E-state index in [2.05, 4.69) is 26.1 Å². The molecule has 0 aliphatic carbocycles. The summed E-state index contributed by atoms with van der Waals surface area (Å²) in [6.07, 6.45) is 0.959. The van der Waals surface area contributed by atoms with Crippen LogP contribution in [0.15, 0.2) is 91.0 Å². The quantitative estimate of drug-likeness (QED) is 0.298. The van der Waals surface area contributed by atoms with Gasteiger partial charge in [0, 0.05) is 24.4 Å². The highest BCUT2D eigenvalue weighted by atomic mass is 16.2. The van der Waals surface area contributed by atoms with Crippen LogP contribution in [0.25, 0.3) is 5.69 Å². The molecule has 2 amide bonds. The van der Waals surface area contributed by atoms with E-state index >= 15 is 0 Å².